The molecule has 1 heterocycles. The van der Waals surface area contributed by atoms with Crippen molar-refractivity contribution in [1.82, 2.24) is 15.6 Å². The summed E-state index contributed by atoms with van der Waals surface area (Å²) in [6.45, 7) is 2.44. The van der Waals surface area contributed by atoms with Crippen molar-refractivity contribution in [2.75, 3.05) is 0 Å². The maximum absolute atomic E-state index is 11.8. The molecule has 0 unspecified atom stereocenters. The van der Waals surface area contributed by atoms with Crippen LogP contribution >= 0.6 is 0 Å². The fourth-order valence-corrected chi connectivity index (χ4v) is 2.53. The average Bonchev–Trinajstić information content (AvgIpc) is 2.48. The molecule has 2 atom stereocenters. The van der Waals surface area contributed by atoms with Crippen molar-refractivity contribution in [3.8, 4) is 0 Å². The quantitative estimate of drug-likeness (QED) is 0.819. The molecule has 2 amide bonds. The zero-order valence-corrected chi connectivity index (χ0v) is 11.8. The van der Waals surface area contributed by atoms with Gasteiger partial charge in [0, 0.05) is 25.0 Å². The maximum Gasteiger partial charge on any atom is 0.309 e. The number of hydrogen-bond acceptors (Lipinski definition) is 3. The molecular weight excluding hydrogens is 254 g/mol. The summed E-state index contributed by atoms with van der Waals surface area (Å²) >= 11 is 0. The fourth-order valence-electron chi connectivity index (χ4n) is 2.53. The number of pyridine rings is 1. The minimum Gasteiger partial charge on any atom is -0.345 e. The van der Waals surface area contributed by atoms with Crippen molar-refractivity contribution >= 4 is 11.8 Å². The Balaban J connectivity index is 1.78. The van der Waals surface area contributed by atoms with E-state index in [1.54, 1.807) is 18.5 Å². The average molecular weight is 275 g/mol. The van der Waals surface area contributed by atoms with Gasteiger partial charge in [0.1, 0.15) is 0 Å². The molecule has 1 aliphatic carbocycles. The molecule has 0 aliphatic heterocycles. The van der Waals surface area contributed by atoms with Gasteiger partial charge in [-0.3, -0.25) is 14.6 Å². The van der Waals surface area contributed by atoms with Gasteiger partial charge in [-0.1, -0.05) is 25.8 Å². The summed E-state index contributed by atoms with van der Waals surface area (Å²) in [5.74, 6) is -0.668. The van der Waals surface area contributed by atoms with Gasteiger partial charge in [0.15, 0.2) is 0 Å². The molecule has 2 rings (SSSR count). The topological polar surface area (TPSA) is 71.1 Å². The summed E-state index contributed by atoms with van der Waals surface area (Å²) < 4.78 is 0. The standard InChI is InChI=1S/C15H21N3O2/c1-11-5-2-3-7-13(11)18-15(20)14(19)17-10-12-6-4-8-16-9-12/h4,6,8-9,11,13H,2-3,5,7,10H2,1H3,(H,17,19)(H,18,20)/t11-,13-/m0/s1. The minimum atomic E-state index is -0.577. The highest BCUT2D eigenvalue weighted by molar-refractivity contribution is 6.35. The molecule has 0 spiro atoms. The van der Waals surface area contributed by atoms with Crippen LogP contribution in [0.25, 0.3) is 0 Å². The van der Waals surface area contributed by atoms with E-state index in [4.69, 9.17) is 0 Å². The third-order valence-electron chi connectivity index (χ3n) is 3.81. The maximum atomic E-state index is 11.8. The van der Waals surface area contributed by atoms with Gasteiger partial charge in [-0.2, -0.15) is 0 Å². The number of nitrogens with zero attached hydrogens (tertiary/aromatic N) is 1. The highest BCUT2D eigenvalue weighted by atomic mass is 16.2. The highest BCUT2D eigenvalue weighted by Gasteiger charge is 2.25. The predicted molar refractivity (Wildman–Crippen MR) is 75.6 cm³/mol. The second-order valence-corrected chi connectivity index (χ2v) is 5.39. The van der Waals surface area contributed by atoms with Crippen LogP contribution in [0.3, 0.4) is 0 Å². The van der Waals surface area contributed by atoms with Crippen LogP contribution in [-0.2, 0) is 16.1 Å². The van der Waals surface area contributed by atoms with Crippen LogP contribution in [0.4, 0.5) is 0 Å². The second kappa shape index (κ2) is 7.03. The van der Waals surface area contributed by atoms with Crippen molar-refractivity contribution in [1.29, 1.82) is 0 Å². The van der Waals surface area contributed by atoms with Crippen molar-refractivity contribution in [3.05, 3.63) is 30.1 Å². The number of carbonyl (C=O) groups is 2. The van der Waals surface area contributed by atoms with Crippen molar-refractivity contribution in [2.24, 2.45) is 5.92 Å². The van der Waals surface area contributed by atoms with Gasteiger partial charge in [0.2, 0.25) is 0 Å². The first kappa shape index (κ1) is 14.5. The third-order valence-corrected chi connectivity index (χ3v) is 3.81. The summed E-state index contributed by atoms with van der Waals surface area (Å²) in [4.78, 5) is 27.6. The normalized spacial score (nSPS) is 22.1. The summed E-state index contributed by atoms with van der Waals surface area (Å²) in [6.07, 6.45) is 7.74. The number of amides is 2. The molecule has 0 bridgehead atoms. The predicted octanol–water partition coefficient (Wildman–Crippen LogP) is 1.39. The molecule has 1 aromatic rings. The SMILES string of the molecule is C[C@H]1CCCC[C@@H]1NC(=O)C(=O)NCc1cccnc1. The lowest BCUT2D eigenvalue weighted by molar-refractivity contribution is -0.140. The number of hydrogen-bond donors (Lipinski definition) is 2. The van der Waals surface area contributed by atoms with Crippen LogP contribution < -0.4 is 10.6 Å². The zero-order valence-electron chi connectivity index (χ0n) is 11.8. The van der Waals surface area contributed by atoms with Crippen LogP contribution in [0, 0.1) is 5.92 Å². The molecule has 0 saturated heterocycles. The largest absolute Gasteiger partial charge is 0.345 e. The Kier molecular flexibility index (Phi) is 5.09. The van der Waals surface area contributed by atoms with Gasteiger partial charge >= 0.3 is 11.8 Å². The van der Waals surface area contributed by atoms with Crippen molar-refractivity contribution in [3.63, 3.8) is 0 Å². The Bertz CT molecular complexity index is 461. The van der Waals surface area contributed by atoms with Crippen LogP contribution in [0.2, 0.25) is 0 Å². The lowest BCUT2D eigenvalue weighted by atomic mass is 9.86. The molecule has 1 fully saturated rings. The first-order valence-corrected chi connectivity index (χ1v) is 7.14. The molecule has 0 radical (unpaired) electrons. The number of aromatic nitrogens is 1. The van der Waals surface area contributed by atoms with Crippen LogP contribution in [0.5, 0.6) is 0 Å². The minimum absolute atomic E-state index is 0.125. The van der Waals surface area contributed by atoms with Gasteiger partial charge < -0.3 is 10.6 Å². The smallest absolute Gasteiger partial charge is 0.309 e. The molecule has 1 aliphatic rings. The molecular formula is C15H21N3O2. The Morgan fingerprint density at radius 2 is 2.10 bits per heavy atom. The van der Waals surface area contributed by atoms with E-state index in [0.29, 0.717) is 12.5 Å². The third kappa shape index (κ3) is 4.05. The van der Waals surface area contributed by atoms with Crippen molar-refractivity contribution in [2.45, 2.75) is 45.2 Å². The van der Waals surface area contributed by atoms with Gasteiger partial charge in [-0.05, 0) is 30.4 Å². The molecule has 5 heteroatoms. The van der Waals surface area contributed by atoms with E-state index in [1.165, 1.54) is 6.42 Å². The Morgan fingerprint density at radius 3 is 2.80 bits per heavy atom. The molecule has 108 valence electrons. The highest BCUT2D eigenvalue weighted by Crippen LogP contribution is 2.23. The van der Waals surface area contributed by atoms with E-state index in [1.807, 2.05) is 6.07 Å². The summed E-state index contributed by atoms with van der Waals surface area (Å²) in [5.41, 5.74) is 0.875. The first-order chi connectivity index (χ1) is 9.66. The monoisotopic (exact) mass is 275 g/mol. The summed E-state index contributed by atoms with van der Waals surface area (Å²) in [5, 5.41) is 5.45. The Hall–Kier alpha value is -1.91. The van der Waals surface area contributed by atoms with E-state index >= 15 is 0 Å². The summed E-state index contributed by atoms with van der Waals surface area (Å²) in [6, 6.07) is 3.78. The van der Waals surface area contributed by atoms with E-state index in [0.717, 1.165) is 24.8 Å². The van der Waals surface area contributed by atoms with E-state index in [-0.39, 0.29) is 6.04 Å². The molecule has 1 aromatic heterocycles. The van der Waals surface area contributed by atoms with E-state index in [9.17, 15) is 9.59 Å². The van der Waals surface area contributed by atoms with Crippen LogP contribution in [0.1, 0.15) is 38.2 Å². The number of carbonyl (C=O) groups excluding carboxylic acids is 2. The molecule has 1 saturated carbocycles. The van der Waals surface area contributed by atoms with Crippen molar-refractivity contribution < 1.29 is 9.59 Å². The Morgan fingerprint density at radius 1 is 1.30 bits per heavy atom. The molecule has 0 aromatic carbocycles. The van der Waals surface area contributed by atoms with Crippen LogP contribution in [0.15, 0.2) is 24.5 Å². The number of rotatable bonds is 3. The first-order valence-electron chi connectivity index (χ1n) is 7.14. The molecule has 5 nitrogen and oxygen atoms in total. The van der Waals surface area contributed by atoms with Gasteiger partial charge in [0.05, 0.1) is 0 Å². The van der Waals surface area contributed by atoms with E-state index in [2.05, 4.69) is 22.5 Å². The second-order valence-electron chi connectivity index (χ2n) is 5.39. The fraction of sp³-hybridized carbons (Fsp3) is 0.533. The summed E-state index contributed by atoms with van der Waals surface area (Å²) in [7, 11) is 0. The van der Waals surface area contributed by atoms with Gasteiger partial charge in [0.25, 0.3) is 0 Å². The van der Waals surface area contributed by atoms with Crippen LogP contribution in [-0.4, -0.2) is 22.8 Å². The zero-order chi connectivity index (χ0) is 14.4. The molecule has 20 heavy (non-hydrogen) atoms. The number of nitrogens with one attached hydrogen (secondary N) is 2. The molecule has 2 N–H and O–H groups in total. The lowest BCUT2D eigenvalue weighted by Gasteiger charge is -2.29. The van der Waals surface area contributed by atoms with Gasteiger partial charge in [-0.15, -0.1) is 0 Å². The van der Waals surface area contributed by atoms with Gasteiger partial charge in [-0.25, -0.2) is 0 Å². The van der Waals surface area contributed by atoms with E-state index < -0.39 is 11.8 Å². The Labute approximate surface area is 119 Å². The lowest BCUT2D eigenvalue weighted by Crippen LogP contribution is -2.47.